The molecule has 0 saturated heterocycles. The van der Waals surface area contributed by atoms with E-state index in [9.17, 15) is 0 Å². The van der Waals surface area contributed by atoms with Gasteiger partial charge in [0.1, 0.15) is 0 Å². The fraction of sp³-hybridized carbons (Fsp3) is 1.00. The number of hydrogen-bond acceptors (Lipinski definition) is 2. The number of thioether (sulfide) groups is 1. The summed E-state index contributed by atoms with van der Waals surface area (Å²) in [5.74, 6) is 4.34. The van der Waals surface area contributed by atoms with Gasteiger partial charge in [-0.15, -0.1) is 0 Å². The van der Waals surface area contributed by atoms with Gasteiger partial charge in [0.25, 0.3) is 0 Å². The van der Waals surface area contributed by atoms with Crippen molar-refractivity contribution in [2.75, 3.05) is 18.1 Å². The lowest BCUT2D eigenvalue weighted by Gasteiger charge is -2.24. The highest BCUT2D eigenvalue weighted by Crippen LogP contribution is 2.21. The molecule has 116 valence electrons. The summed E-state index contributed by atoms with van der Waals surface area (Å²) >= 11 is 2.13. The first-order chi connectivity index (χ1) is 9.13. The normalized spacial score (nSPS) is 14.8. The minimum atomic E-state index is 0.727. The topological polar surface area (TPSA) is 12.0 Å². The molecule has 0 saturated carbocycles. The van der Waals surface area contributed by atoms with Gasteiger partial charge in [-0.05, 0) is 37.0 Å². The lowest BCUT2D eigenvalue weighted by molar-refractivity contribution is 0.364. The summed E-state index contributed by atoms with van der Waals surface area (Å²) < 4.78 is 0. The monoisotopic (exact) mass is 287 g/mol. The van der Waals surface area contributed by atoms with E-state index in [-0.39, 0.29) is 0 Å². The van der Waals surface area contributed by atoms with Crippen molar-refractivity contribution in [1.82, 2.24) is 5.32 Å². The number of hydrogen-bond donors (Lipinski definition) is 1. The summed E-state index contributed by atoms with van der Waals surface area (Å²) in [5, 5.41) is 3.76. The van der Waals surface area contributed by atoms with Gasteiger partial charge in [0.15, 0.2) is 0 Å². The van der Waals surface area contributed by atoms with Gasteiger partial charge in [-0.25, -0.2) is 0 Å². The van der Waals surface area contributed by atoms with E-state index in [1.807, 2.05) is 0 Å². The van der Waals surface area contributed by atoms with Crippen LogP contribution in [-0.4, -0.2) is 24.1 Å². The zero-order valence-electron chi connectivity index (χ0n) is 14.0. The van der Waals surface area contributed by atoms with Crippen LogP contribution in [0.4, 0.5) is 0 Å². The molecular weight excluding hydrogens is 250 g/mol. The Balaban J connectivity index is 4.06. The minimum Gasteiger partial charge on any atom is -0.313 e. The van der Waals surface area contributed by atoms with Gasteiger partial charge in [-0.3, -0.25) is 0 Å². The van der Waals surface area contributed by atoms with Crippen LogP contribution in [-0.2, 0) is 0 Å². The molecule has 0 aromatic carbocycles. The molecule has 0 aliphatic carbocycles. The van der Waals surface area contributed by atoms with Crippen LogP contribution >= 0.6 is 11.8 Å². The maximum atomic E-state index is 3.76. The van der Waals surface area contributed by atoms with E-state index in [0.29, 0.717) is 0 Å². The van der Waals surface area contributed by atoms with Crippen molar-refractivity contribution in [3.05, 3.63) is 0 Å². The summed E-state index contributed by atoms with van der Waals surface area (Å²) in [7, 11) is 0. The molecule has 0 aliphatic heterocycles. The lowest BCUT2D eigenvalue weighted by Crippen LogP contribution is -2.34. The second kappa shape index (κ2) is 13.3. The molecule has 1 N–H and O–H groups in total. The molecule has 0 spiro atoms. The second-order valence-corrected chi connectivity index (χ2v) is 7.31. The Kier molecular flexibility index (Phi) is 13.5. The number of nitrogens with one attached hydrogen (secondary N) is 1. The Hall–Kier alpha value is 0.310. The van der Waals surface area contributed by atoms with Gasteiger partial charge in [0.05, 0.1) is 0 Å². The van der Waals surface area contributed by atoms with Crippen LogP contribution in [0.15, 0.2) is 0 Å². The molecule has 0 aliphatic rings. The quantitative estimate of drug-likeness (QED) is 0.490. The summed E-state index contributed by atoms with van der Waals surface area (Å²) in [4.78, 5) is 0. The highest BCUT2D eigenvalue weighted by atomic mass is 32.2. The van der Waals surface area contributed by atoms with Crippen LogP contribution in [0, 0.1) is 11.8 Å². The fourth-order valence-electron chi connectivity index (χ4n) is 2.39. The van der Waals surface area contributed by atoms with E-state index in [0.717, 1.165) is 17.9 Å². The van der Waals surface area contributed by atoms with Gasteiger partial charge in [-0.2, -0.15) is 11.8 Å². The first-order valence-corrected chi connectivity index (χ1v) is 9.60. The highest BCUT2D eigenvalue weighted by Gasteiger charge is 2.14. The third-order valence-electron chi connectivity index (χ3n) is 3.61. The van der Waals surface area contributed by atoms with Crippen LogP contribution in [0.2, 0.25) is 0 Å². The SMILES string of the molecule is CCCCC(CC)CC(CSCC(C)C)NCCC. The molecule has 2 unspecified atom stereocenters. The van der Waals surface area contributed by atoms with E-state index >= 15 is 0 Å². The summed E-state index contributed by atoms with van der Waals surface area (Å²) in [6.45, 7) is 12.7. The molecule has 0 radical (unpaired) electrons. The van der Waals surface area contributed by atoms with Crippen LogP contribution in [0.25, 0.3) is 0 Å². The first kappa shape index (κ1) is 19.3. The van der Waals surface area contributed by atoms with Crippen LogP contribution in [0.3, 0.4) is 0 Å². The zero-order chi connectivity index (χ0) is 14.5. The molecule has 2 heteroatoms. The van der Waals surface area contributed by atoms with E-state index in [1.165, 1.54) is 56.6 Å². The van der Waals surface area contributed by atoms with E-state index in [4.69, 9.17) is 0 Å². The van der Waals surface area contributed by atoms with E-state index < -0.39 is 0 Å². The van der Waals surface area contributed by atoms with Crippen LogP contribution in [0.5, 0.6) is 0 Å². The third kappa shape index (κ3) is 11.8. The van der Waals surface area contributed by atoms with Crippen molar-refractivity contribution >= 4 is 11.8 Å². The number of unbranched alkanes of at least 4 members (excludes halogenated alkanes) is 1. The van der Waals surface area contributed by atoms with Crippen molar-refractivity contribution in [2.24, 2.45) is 11.8 Å². The van der Waals surface area contributed by atoms with Gasteiger partial charge < -0.3 is 5.32 Å². The molecule has 0 fully saturated rings. The van der Waals surface area contributed by atoms with Gasteiger partial charge >= 0.3 is 0 Å². The molecule has 2 atom stereocenters. The molecule has 0 heterocycles. The second-order valence-electron chi connectivity index (χ2n) is 6.23. The molecule has 19 heavy (non-hydrogen) atoms. The summed E-state index contributed by atoms with van der Waals surface area (Å²) in [6.07, 6.45) is 8.13. The molecule has 1 nitrogen and oxygen atoms in total. The molecule has 0 aromatic rings. The predicted molar refractivity (Wildman–Crippen MR) is 92.2 cm³/mol. The van der Waals surface area contributed by atoms with Gasteiger partial charge in [0.2, 0.25) is 0 Å². The largest absolute Gasteiger partial charge is 0.313 e. The van der Waals surface area contributed by atoms with Crippen LogP contribution in [0.1, 0.15) is 73.1 Å². The average molecular weight is 288 g/mol. The van der Waals surface area contributed by atoms with E-state index in [2.05, 4.69) is 51.7 Å². The zero-order valence-corrected chi connectivity index (χ0v) is 14.8. The smallest absolute Gasteiger partial charge is 0.0160 e. The molecule has 0 amide bonds. The minimum absolute atomic E-state index is 0.727. The van der Waals surface area contributed by atoms with Gasteiger partial charge in [0, 0.05) is 11.8 Å². The van der Waals surface area contributed by atoms with Crippen LogP contribution < -0.4 is 5.32 Å². The van der Waals surface area contributed by atoms with E-state index in [1.54, 1.807) is 0 Å². The molecular formula is C17H37NS. The predicted octanol–water partition coefficient (Wildman–Crippen LogP) is 5.35. The fourth-order valence-corrected chi connectivity index (χ4v) is 3.53. The maximum absolute atomic E-state index is 3.76. The third-order valence-corrected chi connectivity index (χ3v) is 5.15. The molecule has 0 rings (SSSR count). The van der Waals surface area contributed by atoms with Crippen molar-refractivity contribution < 1.29 is 0 Å². The molecule has 0 aromatic heterocycles. The highest BCUT2D eigenvalue weighted by molar-refractivity contribution is 7.99. The standard InChI is InChI=1S/C17H37NS/c1-6-9-10-16(8-3)12-17(18-11-7-2)14-19-13-15(4)5/h15-18H,6-14H2,1-5H3. The van der Waals surface area contributed by atoms with Crippen molar-refractivity contribution in [2.45, 2.75) is 79.2 Å². The first-order valence-electron chi connectivity index (χ1n) is 8.45. The summed E-state index contributed by atoms with van der Waals surface area (Å²) in [6, 6.07) is 0.727. The Morgan fingerprint density at radius 2 is 1.74 bits per heavy atom. The van der Waals surface area contributed by atoms with Crippen molar-refractivity contribution in [3.8, 4) is 0 Å². The Labute approximate surface area is 126 Å². The van der Waals surface area contributed by atoms with Crippen molar-refractivity contribution in [3.63, 3.8) is 0 Å². The molecule has 0 bridgehead atoms. The lowest BCUT2D eigenvalue weighted by atomic mass is 9.92. The average Bonchev–Trinajstić information content (AvgIpc) is 2.39. The van der Waals surface area contributed by atoms with Gasteiger partial charge in [-0.1, -0.05) is 60.3 Å². The Bertz CT molecular complexity index is 182. The Morgan fingerprint density at radius 3 is 2.26 bits per heavy atom. The summed E-state index contributed by atoms with van der Waals surface area (Å²) in [5.41, 5.74) is 0. The number of rotatable bonds is 13. The van der Waals surface area contributed by atoms with Crippen molar-refractivity contribution in [1.29, 1.82) is 0 Å². The maximum Gasteiger partial charge on any atom is 0.0160 e. The Morgan fingerprint density at radius 1 is 1.00 bits per heavy atom.